The summed E-state index contributed by atoms with van der Waals surface area (Å²) in [6.45, 7) is 25.0. The molecule has 5 aliphatic heterocycles. The molecule has 274 valence electrons. The van der Waals surface area contributed by atoms with Crippen LogP contribution in [0.5, 0.6) is 11.5 Å². The van der Waals surface area contributed by atoms with Crippen LogP contribution < -0.4 is 19.3 Å². The molecule has 0 aromatic heterocycles. The Hall–Kier alpha value is -4.37. The van der Waals surface area contributed by atoms with Crippen LogP contribution in [0, 0.1) is 11.3 Å². The largest absolute Gasteiger partial charge is 0.496 e. The Balaban J connectivity index is 1.28. The lowest BCUT2D eigenvalue weighted by Crippen LogP contribution is -2.45. The van der Waals surface area contributed by atoms with Crippen molar-refractivity contribution in [1.29, 1.82) is 5.26 Å². The molecule has 0 fully saturated rings. The van der Waals surface area contributed by atoms with E-state index < -0.39 is 0 Å². The second-order valence-corrected chi connectivity index (χ2v) is 18.1. The predicted octanol–water partition coefficient (Wildman–Crippen LogP) is 10.4. The van der Waals surface area contributed by atoms with Gasteiger partial charge in [-0.05, 0) is 120 Å². The zero-order chi connectivity index (χ0) is 37.4. The number of rotatable bonds is 6. The molecule has 0 aliphatic carbocycles. The van der Waals surface area contributed by atoms with Gasteiger partial charge in [0.25, 0.3) is 0 Å². The van der Waals surface area contributed by atoms with Crippen LogP contribution >= 0.6 is 0 Å². The molecule has 52 heavy (non-hydrogen) atoms. The summed E-state index contributed by atoms with van der Waals surface area (Å²) in [6.07, 6.45) is 16.6. The summed E-state index contributed by atoms with van der Waals surface area (Å²) in [5.41, 5.74) is 11.8. The van der Waals surface area contributed by atoms with E-state index in [4.69, 9.17) is 14.2 Å². The van der Waals surface area contributed by atoms with Crippen LogP contribution in [0.15, 0.2) is 59.1 Å². The Morgan fingerprint density at radius 3 is 1.40 bits per heavy atom. The maximum absolute atomic E-state index is 9.92. The normalized spacial score (nSPS) is 21.8. The highest BCUT2D eigenvalue weighted by Crippen LogP contribution is 2.55. The first-order valence-corrected chi connectivity index (χ1v) is 19.1. The third-order valence-electron chi connectivity index (χ3n) is 12.7. The number of nitrogens with zero attached hydrogens (tertiary/aromatic N) is 3. The minimum absolute atomic E-state index is 0.0107. The summed E-state index contributed by atoms with van der Waals surface area (Å²) in [4.78, 5) is 5.14. The van der Waals surface area contributed by atoms with Gasteiger partial charge in [0.1, 0.15) is 23.0 Å². The van der Waals surface area contributed by atoms with Gasteiger partial charge in [-0.1, -0.05) is 55.4 Å². The summed E-state index contributed by atoms with van der Waals surface area (Å²) < 4.78 is 19.0. The number of hydrogen-bond donors (Lipinski definition) is 0. The van der Waals surface area contributed by atoms with Gasteiger partial charge in [0.15, 0.2) is 0 Å². The first-order valence-electron chi connectivity index (χ1n) is 19.1. The molecule has 2 aromatic carbocycles. The lowest BCUT2D eigenvalue weighted by molar-refractivity contribution is 0.332. The molecule has 0 saturated heterocycles. The van der Waals surface area contributed by atoms with Crippen molar-refractivity contribution in [2.24, 2.45) is 0 Å². The highest BCUT2D eigenvalue weighted by molar-refractivity contribution is 5.79. The number of benzene rings is 2. The average Bonchev–Trinajstić information content (AvgIpc) is 3.10. The third-order valence-corrected chi connectivity index (χ3v) is 12.7. The molecule has 0 saturated carbocycles. The molecule has 2 aromatic rings. The van der Waals surface area contributed by atoms with Crippen molar-refractivity contribution in [3.05, 3.63) is 92.5 Å². The van der Waals surface area contributed by atoms with Crippen LogP contribution in [-0.2, 0) is 26.4 Å². The molecule has 6 nitrogen and oxygen atoms in total. The minimum atomic E-state index is -0.0107. The molecule has 0 bridgehead atoms. The fraction of sp³-hybridized carbons (Fsp3) is 0.500. The van der Waals surface area contributed by atoms with Crippen molar-refractivity contribution in [2.45, 2.75) is 110 Å². The van der Waals surface area contributed by atoms with E-state index in [0.717, 1.165) is 80.1 Å². The number of allylic oxidation sites excluding steroid dienone is 6. The van der Waals surface area contributed by atoms with E-state index in [1.165, 1.54) is 33.6 Å². The molecule has 6 heteroatoms. The molecule has 0 spiro atoms. The molecule has 0 amide bonds. The quantitative estimate of drug-likeness (QED) is 0.280. The highest BCUT2D eigenvalue weighted by atomic mass is 16.5. The molecular weight excluding hydrogens is 643 g/mol. The number of ether oxygens (including phenoxy) is 3. The van der Waals surface area contributed by atoms with Gasteiger partial charge in [-0.3, -0.25) is 0 Å². The van der Waals surface area contributed by atoms with E-state index in [9.17, 15) is 5.26 Å². The van der Waals surface area contributed by atoms with Crippen LogP contribution in [-0.4, -0.2) is 40.4 Å². The lowest BCUT2D eigenvalue weighted by Gasteiger charge is -2.48. The Kier molecular flexibility index (Phi) is 8.75. The summed E-state index contributed by atoms with van der Waals surface area (Å²) in [5, 5.41) is 9.92. The van der Waals surface area contributed by atoms with Gasteiger partial charge in [-0.15, -0.1) is 0 Å². The number of anilines is 2. The predicted molar refractivity (Wildman–Crippen MR) is 215 cm³/mol. The minimum Gasteiger partial charge on any atom is -0.496 e. The van der Waals surface area contributed by atoms with Gasteiger partial charge in [0.2, 0.25) is 0 Å². The van der Waals surface area contributed by atoms with E-state index in [1.54, 1.807) is 14.2 Å². The Bertz CT molecular complexity index is 1890. The highest BCUT2D eigenvalue weighted by Gasteiger charge is 2.44. The first-order chi connectivity index (χ1) is 24.5. The second kappa shape index (κ2) is 12.6. The van der Waals surface area contributed by atoms with Gasteiger partial charge in [0, 0.05) is 65.4 Å². The molecular formula is C46H57N3O3. The van der Waals surface area contributed by atoms with E-state index in [2.05, 4.69) is 95.5 Å². The van der Waals surface area contributed by atoms with Gasteiger partial charge in [-0.2, -0.15) is 5.26 Å². The van der Waals surface area contributed by atoms with Gasteiger partial charge < -0.3 is 24.0 Å². The number of methoxy groups -OCH3 is 2. The molecule has 0 unspecified atom stereocenters. The standard InChI is InChI=1S/C46H57N3O3/c1-29(28-47)32-24-33(14-12-30-26-35-39-37(41(30)50-10)45(6,7)18-22-48(39)20-16-43(35,2)3)52-34(25-32)15-13-31-27-36-40-38(42(31)51-11)46(8,9)19-23-49(40)21-17-44(36,4)5/h12-15,24-27H,16-23H2,1-11H3. The van der Waals surface area contributed by atoms with Crippen molar-refractivity contribution < 1.29 is 14.2 Å². The van der Waals surface area contributed by atoms with Gasteiger partial charge >= 0.3 is 0 Å². The summed E-state index contributed by atoms with van der Waals surface area (Å²) in [6, 6.07) is 7.02. The van der Waals surface area contributed by atoms with Crippen molar-refractivity contribution in [1.82, 2.24) is 0 Å². The van der Waals surface area contributed by atoms with Crippen LogP contribution in [0.4, 0.5) is 11.4 Å². The number of hydrogen-bond acceptors (Lipinski definition) is 6. The number of nitriles is 1. The van der Waals surface area contributed by atoms with Crippen molar-refractivity contribution in [2.75, 3.05) is 50.2 Å². The molecule has 5 aliphatic rings. The van der Waals surface area contributed by atoms with Crippen molar-refractivity contribution in [3.63, 3.8) is 0 Å². The molecule has 5 heterocycles. The topological polar surface area (TPSA) is 58.0 Å². The third kappa shape index (κ3) is 5.95. The van der Waals surface area contributed by atoms with Crippen molar-refractivity contribution in [3.8, 4) is 17.6 Å². The van der Waals surface area contributed by atoms with Crippen LogP contribution in [0.1, 0.15) is 121 Å². The van der Waals surface area contributed by atoms with E-state index >= 15 is 0 Å². The fourth-order valence-electron chi connectivity index (χ4n) is 9.16. The second-order valence-electron chi connectivity index (χ2n) is 18.1. The summed E-state index contributed by atoms with van der Waals surface area (Å²) in [5.74, 6) is 3.22. The lowest BCUT2D eigenvalue weighted by atomic mass is 9.68. The van der Waals surface area contributed by atoms with Crippen LogP contribution in [0.3, 0.4) is 0 Å². The van der Waals surface area contributed by atoms with E-state index in [0.29, 0.717) is 17.1 Å². The Morgan fingerprint density at radius 1 is 0.654 bits per heavy atom. The van der Waals surface area contributed by atoms with Crippen molar-refractivity contribution >= 4 is 23.5 Å². The molecule has 0 atom stereocenters. The first kappa shape index (κ1) is 36.0. The molecule has 0 radical (unpaired) electrons. The van der Waals surface area contributed by atoms with Gasteiger partial charge in [-0.25, -0.2) is 0 Å². The van der Waals surface area contributed by atoms with E-state index in [1.807, 2.05) is 31.2 Å². The summed E-state index contributed by atoms with van der Waals surface area (Å²) >= 11 is 0. The SMILES string of the molecule is COc1c(C=CC2=CC(=C(C)C#N)C=C(C=Cc3cc4c5c(c3OC)C(C)(C)CCN5CCC4(C)C)O2)cc2c3c1C(C)(C)CCN3CCC2(C)C. The monoisotopic (exact) mass is 699 g/mol. The maximum atomic E-state index is 9.92. The molecule has 7 rings (SSSR count). The fourth-order valence-corrected chi connectivity index (χ4v) is 9.16. The average molecular weight is 700 g/mol. The van der Waals surface area contributed by atoms with Crippen LogP contribution in [0.25, 0.3) is 12.2 Å². The zero-order valence-electron chi connectivity index (χ0n) is 33.3. The summed E-state index contributed by atoms with van der Waals surface area (Å²) in [7, 11) is 3.58. The smallest absolute Gasteiger partial charge is 0.131 e. The zero-order valence-corrected chi connectivity index (χ0v) is 33.3. The Morgan fingerprint density at radius 2 is 1.04 bits per heavy atom. The van der Waals surface area contributed by atoms with Crippen LogP contribution in [0.2, 0.25) is 0 Å². The van der Waals surface area contributed by atoms with E-state index in [-0.39, 0.29) is 21.7 Å². The molecule has 0 N–H and O–H groups in total. The maximum Gasteiger partial charge on any atom is 0.131 e. The van der Waals surface area contributed by atoms with Gasteiger partial charge in [0.05, 0.1) is 20.3 Å². The Labute approximate surface area is 312 Å².